The van der Waals surface area contributed by atoms with Gasteiger partial charge in [-0.2, -0.15) is 0 Å². The van der Waals surface area contributed by atoms with Gasteiger partial charge in [-0.1, -0.05) is 50.1 Å². The third-order valence-corrected chi connectivity index (χ3v) is 8.36. The largest absolute Gasteiger partial charge is 0.370 e. The van der Waals surface area contributed by atoms with Crippen molar-refractivity contribution in [1.29, 1.82) is 0 Å². The van der Waals surface area contributed by atoms with E-state index < -0.39 is 0 Å². The van der Waals surface area contributed by atoms with Crippen LogP contribution in [0.15, 0.2) is 48.1 Å². The lowest BCUT2D eigenvalue weighted by Crippen LogP contribution is -2.45. The summed E-state index contributed by atoms with van der Waals surface area (Å²) in [5, 5.41) is 0. The minimum absolute atomic E-state index is 0.0257. The zero-order chi connectivity index (χ0) is 20.9. The van der Waals surface area contributed by atoms with E-state index in [1.165, 1.54) is 11.1 Å². The van der Waals surface area contributed by atoms with E-state index in [0.717, 1.165) is 44.9 Å². The minimum atomic E-state index is -0.385. The van der Waals surface area contributed by atoms with Gasteiger partial charge in [0.25, 0.3) is 0 Å². The van der Waals surface area contributed by atoms with Crippen LogP contribution in [0.4, 0.5) is 0 Å². The van der Waals surface area contributed by atoms with Gasteiger partial charge < -0.3 is 10.5 Å². The first-order valence-electron chi connectivity index (χ1n) is 11.1. The quantitative estimate of drug-likeness (QED) is 0.510. The molecule has 3 rings (SSSR count). The zero-order valence-electron chi connectivity index (χ0n) is 18.9. The van der Waals surface area contributed by atoms with Crippen LogP contribution in [0.5, 0.6) is 0 Å². The molecule has 2 aliphatic carbocycles. The predicted octanol–water partition coefficient (Wildman–Crippen LogP) is 6.49. The molecule has 1 saturated heterocycles. The lowest BCUT2D eigenvalue weighted by molar-refractivity contribution is 0.0228. The molecular weight excluding hydrogens is 342 g/mol. The fraction of sp³-hybridized carbons (Fsp3) is 0.692. The molecule has 2 N–H and O–H groups in total. The topological polar surface area (TPSA) is 35.2 Å². The molecule has 6 atom stereocenters. The monoisotopic (exact) mass is 383 g/mol. The Balaban J connectivity index is 2.04. The number of allylic oxidation sites excluding steroid dienone is 3. The smallest absolute Gasteiger partial charge is 0.0804 e. The van der Waals surface area contributed by atoms with Crippen molar-refractivity contribution >= 4 is 0 Å². The van der Waals surface area contributed by atoms with Crippen LogP contribution in [0, 0.1) is 16.7 Å². The second-order valence-electron chi connectivity index (χ2n) is 10.5. The molecule has 0 aromatic carbocycles. The van der Waals surface area contributed by atoms with E-state index in [2.05, 4.69) is 54.4 Å². The Morgan fingerprint density at radius 2 is 2.04 bits per heavy atom. The van der Waals surface area contributed by atoms with E-state index in [1.54, 1.807) is 11.1 Å². The van der Waals surface area contributed by atoms with E-state index in [-0.39, 0.29) is 28.6 Å². The highest BCUT2D eigenvalue weighted by Gasteiger charge is 2.57. The van der Waals surface area contributed by atoms with Crippen molar-refractivity contribution in [2.24, 2.45) is 22.5 Å². The second kappa shape index (κ2) is 7.29. The summed E-state index contributed by atoms with van der Waals surface area (Å²) in [6.07, 6.45) is 9.81. The van der Waals surface area contributed by atoms with E-state index in [1.807, 2.05) is 6.08 Å². The molecule has 3 aliphatic rings. The molecule has 0 aromatic rings. The maximum absolute atomic E-state index is 6.79. The first-order valence-corrected chi connectivity index (χ1v) is 11.1. The lowest BCUT2D eigenvalue weighted by atomic mass is 9.52. The van der Waals surface area contributed by atoms with Gasteiger partial charge in [-0.3, -0.25) is 0 Å². The van der Waals surface area contributed by atoms with Gasteiger partial charge in [-0.05, 0) is 75.7 Å². The number of fused-ring (bicyclic) bond motifs is 3. The highest BCUT2D eigenvalue weighted by molar-refractivity contribution is 5.44. The standard InChI is InChI=1S/C26H41NO/c1-9-24(6,27)16-22-20-15-21(28-22)23-19(25(20,7)10-2)12-11-18(5)26(23,8)14-13-17(3)4/h9,20-22H,1,3,5,10-16,27H2,2,4,6-8H3. The van der Waals surface area contributed by atoms with Gasteiger partial charge in [-0.25, -0.2) is 0 Å². The van der Waals surface area contributed by atoms with E-state index in [9.17, 15) is 0 Å². The second-order valence-corrected chi connectivity index (χ2v) is 10.5. The Kier molecular flexibility index (Phi) is 5.62. The molecule has 1 fully saturated rings. The van der Waals surface area contributed by atoms with Gasteiger partial charge in [-0.15, -0.1) is 13.2 Å². The van der Waals surface area contributed by atoms with Crippen molar-refractivity contribution < 1.29 is 4.74 Å². The Hall–Kier alpha value is -1.12. The molecular formula is C26H41NO. The highest BCUT2D eigenvalue weighted by Crippen LogP contribution is 2.63. The maximum atomic E-state index is 6.79. The predicted molar refractivity (Wildman–Crippen MR) is 120 cm³/mol. The summed E-state index contributed by atoms with van der Waals surface area (Å²) in [7, 11) is 0. The summed E-state index contributed by atoms with van der Waals surface area (Å²) in [6, 6.07) is 0. The summed E-state index contributed by atoms with van der Waals surface area (Å²) in [4.78, 5) is 0. The third-order valence-electron chi connectivity index (χ3n) is 8.36. The average molecular weight is 384 g/mol. The first-order chi connectivity index (χ1) is 13.0. The fourth-order valence-electron chi connectivity index (χ4n) is 6.13. The Labute approximate surface area is 173 Å². The van der Waals surface area contributed by atoms with Crippen molar-refractivity contribution in [3.8, 4) is 0 Å². The minimum Gasteiger partial charge on any atom is -0.370 e. The molecule has 1 heterocycles. The van der Waals surface area contributed by atoms with Gasteiger partial charge in [0.15, 0.2) is 0 Å². The van der Waals surface area contributed by atoms with Crippen molar-refractivity contribution in [2.75, 3.05) is 0 Å². The molecule has 0 aromatic heterocycles. The van der Waals surface area contributed by atoms with Gasteiger partial charge in [0.1, 0.15) is 0 Å². The van der Waals surface area contributed by atoms with Crippen LogP contribution in [0.2, 0.25) is 0 Å². The van der Waals surface area contributed by atoms with Gasteiger partial charge in [0, 0.05) is 11.0 Å². The number of hydrogen-bond donors (Lipinski definition) is 1. The molecule has 2 nitrogen and oxygen atoms in total. The van der Waals surface area contributed by atoms with Crippen molar-refractivity contribution in [3.63, 3.8) is 0 Å². The van der Waals surface area contributed by atoms with Crippen molar-refractivity contribution in [2.45, 2.75) is 97.3 Å². The van der Waals surface area contributed by atoms with E-state index in [0.29, 0.717) is 5.92 Å². The van der Waals surface area contributed by atoms with E-state index in [4.69, 9.17) is 10.5 Å². The number of hydrogen-bond acceptors (Lipinski definition) is 2. The van der Waals surface area contributed by atoms with Gasteiger partial charge >= 0.3 is 0 Å². The van der Waals surface area contributed by atoms with Crippen LogP contribution in [-0.2, 0) is 4.74 Å². The average Bonchev–Trinajstić information content (AvgIpc) is 3.00. The van der Waals surface area contributed by atoms with Crippen molar-refractivity contribution in [1.82, 2.24) is 0 Å². The molecule has 0 saturated carbocycles. The van der Waals surface area contributed by atoms with Crippen LogP contribution in [-0.4, -0.2) is 17.7 Å². The summed E-state index contributed by atoms with van der Waals surface area (Å²) in [5.74, 6) is 0.542. The van der Waals surface area contributed by atoms with Crippen LogP contribution in [0.3, 0.4) is 0 Å². The van der Waals surface area contributed by atoms with Crippen LogP contribution < -0.4 is 5.73 Å². The summed E-state index contributed by atoms with van der Waals surface area (Å²) in [5.41, 5.74) is 12.2. The first kappa shape index (κ1) is 21.6. The fourth-order valence-corrected chi connectivity index (χ4v) is 6.13. The van der Waals surface area contributed by atoms with Crippen LogP contribution >= 0.6 is 0 Å². The highest BCUT2D eigenvalue weighted by atomic mass is 16.5. The molecule has 156 valence electrons. The molecule has 1 aliphatic heterocycles. The van der Waals surface area contributed by atoms with Crippen molar-refractivity contribution in [3.05, 3.63) is 48.1 Å². The van der Waals surface area contributed by atoms with Gasteiger partial charge in [0.05, 0.1) is 12.2 Å². The summed E-state index contributed by atoms with van der Waals surface area (Å²) in [6.45, 7) is 24.1. The molecule has 6 unspecified atom stereocenters. The Morgan fingerprint density at radius 1 is 1.36 bits per heavy atom. The molecule has 0 radical (unpaired) electrons. The number of ether oxygens (including phenoxy) is 1. The number of rotatable bonds is 7. The SMILES string of the molecule is C=CC(C)(N)CC1OC2CC1C(C)(CC)C1=C2C(C)(CCC(=C)C)C(=C)CC1. The lowest BCUT2D eigenvalue weighted by Gasteiger charge is -2.51. The molecule has 2 heteroatoms. The third kappa shape index (κ3) is 3.37. The number of nitrogens with two attached hydrogens (primary N) is 1. The summed E-state index contributed by atoms with van der Waals surface area (Å²) >= 11 is 0. The Morgan fingerprint density at radius 3 is 2.61 bits per heavy atom. The van der Waals surface area contributed by atoms with E-state index >= 15 is 0 Å². The maximum Gasteiger partial charge on any atom is 0.0804 e. The van der Waals surface area contributed by atoms with Crippen LogP contribution in [0.25, 0.3) is 0 Å². The molecule has 28 heavy (non-hydrogen) atoms. The zero-order valence-corrected chi connectivity index (χ0v) is 18.9. The normalized spacial score (nSPS) is 39.5. The molecule has 2 bridgehead atoms. The molecule has 0 amide bonds. The summed E-state index contributed by atoms with van der Waals surface area (Å²) < 4.78 is 6.79. The van der Waals surface area contributed by atoms with Gasteiger partial charge in [0.2, 0.25) is 0 Å². The Bertz CT molecular complexity index is 714. The van der Waals surface area contributed by atoms with Crippen LogP contribution in [0.1, 0.15) is 79.6 Å². The molecule has 0 spiro atoms.